The lowest BCUT2D eigenvalue weighted by Gasteiger charge is -2.31. The molecule has 0 unspecified atom stereocenters. The maximum absolute atomic E-state index is 5.53. The summed E-state index contributed by atoms with van der Waals surface area (Å²) in [7, 11) is 7.40. The van der Waals surface area contributed by atoms with Gasteiger partial charge in [0.25, 0.3) is 0 Å². The Labute approximate surface area is 220 Å². The van der Waals surface area contributed by atoms with Crippen LogP contribution in [0, 0.1) is 0 Å². The molecule has 0 amide bonds. The van der Waals surface area contributed by atoms with Crippen LogP contribution in [0.3, 0.4) is 0 Å². The Hall–Kier alpha value is 0.564. The zero-order valence-corrected chi connectivity index (χ0v) is 25.9. The first-order valence-corrected chi connectivity index (χ1v) is 15.4. The number of hydrogen-bond donors (Lipinski definition) is 0. The molecule has 0 fully saturated rings. The monoisotopic (exact) mass is 523 g/mol. The van der Waals surface area contributed by atoms with Crippen LogP contribution in [0.25, 0.3) is 0 Å². The first kappa shape index (κ1) is 38.1. The quantitative estimate of drug-likeness (QED) is 0.108. The van der Waals surface area contributed by atoms with Crippen molar-refractivity contribution in [3.05, 3.63) is 0 Å². The van der Waals surface area contributed by atoms with E-state index >= 15 is 0 Å². The first-order valence-electron chi connectivity index (χ1n) is 13.4. The molecule has 0 aliphatic heterocycles. The van der Waals surface area contributed by atoms with Gasteiger partial charge in [-0.25, -0.2) is 0 Å². The summed E-state index contributed by atoms with van der Waals surface area (Å²) in [6.07, 6.45) is 24.0. The van der Waals surface area contributed by atoms with Crippen LogP contribution >= 0.6 is 0 Å². The van der Waals surface area contributed by atoms with Gasteiger partial charge >= 0.3 is 8.80 Å². The molecule has 0 bridgehead atoms. The third-order valence-corrected chi connectivity index (χ3v) is 9.63. The normalized spacial score (nSPS) is 11.8. The fraction of sp³-hybridized carbons (Fsp3) is 1.00. The Morgan fingerprint density at radius 2 is 0.818 bits per heavy atom. The summed E-state index contributed by atoms with van der Waals surface area (Å²) < 4.78 is 17.7. The minimum absolute atomic E-state index is 0. The van der Waals surface area contributed by atoms with E-state index in [4.69, 9.17) is 13.3 Å². The van der Waals surface area contributed by atoms with Crippen molar-refractivity contribution in [2.24, 2.45) is 0 Å². The zero-order valence-electron chi connectivity index (χ0n) is 23.2. The van der Waals surface area contributed by atoms with E-state index in [0.717, 1.165) is 23.5 Å². The van der Waals surface area contributed by atoms with Gasteiger partial charge in [-0.2, -0.15) is 0 Å². The predicted octanol–water partition coefficient (Wildman–Crippen LogP) is 4.22. The average Bonchev–Trinajstić information content (AvgIpc) is 2.76. The third kappa shape index (κ3) is 22.8. The standard InChI is InChI=1S/C26H58NO3Si.ClH.Si/c1-7-8-9-10-11-12-13-14-15-16-17-18-19-20-21-22-24-27(2,3)25-23-26-31(28-4,29-5)30-6;;/h7-26H2,1-6H3;1H;/q+1;;/p-1. The average molecular weight is 524 g/mol. The molecule has 0 aliphatic carbocycles. The number of rotatable bonds is 24. The van der Waals surface area contributed by atoms with Crippen molar-refractivity contribution in [3.8, 4) is 0 Å². The number of unbranched alkanes of at least 4 members (excludes halogenated alkanes) is 15. The van der Waals surface area contributed by atoms with Gasteiger partial charge < -0.3 is 30.2 Å². The highest BCUT2D eigenvalue weighted by molar-refractivity contribution is 6.60. The van der Waals surface area contributed by atoms with E-state index < -0.39 is 8.80 Å². The van der Waals surface area contributed by atoms with Crippen LogP contribution in [0.5, 0.6) is 0 Å². The fourth-order valence-corrected chi connectivity index (χ4v) is 6.18. The molecular weight excluding hydrogens is 466 g/mol. The van der Waals surface area contributed by atoms with Gasteiger partial charge in [-0.15, -0.1) is 0 Å². The lowest BCUT2D eigenvalue weighted by molar-refractivity contribution is -0.890. The van der Waals surface area contributed by atoms with Crippen molar-refractivity contribution < 1.29 is 30.2 Å². The summed E-state index contributed by atoms with van der Waals surface area (Å²) in [6, 6.07) is 0.900. The molecule has 200 valence electrons. The molecule has 0 spiro atoms. The summed E-state index contributed by atoms with van der Waals surface area (Å²) in [4.78, 5) is 0. The van der Waals surface area contributed by atoms with Crippen LogP contribution < -0.4 is 12.4 Å². The fourth-order valence-electron chi connectivity index (χ4n) is 4.48. The van der Waals surface area contributed by atoms with E-state index in [1.807, 2.05) is 0 Å². The number of nitrogens with zero attached hydrogens (tertiary/aromatic N) is 1. The number of hydrogen-bond acceptors (Lipinski definition) is 3. The smallest absolute Gasteiger partial charge is 0.500 e. The van der Waals surface area contributed by atoms with Gasteiger partial charge in [0.15, 0.2) is 0 Å². The first-order chi connectivity index (χ1) is 14.9. The molecule has 0 N–H and O–H groups in total. The molecule has 0 saturated heterocycles. The molecular formula is C26H58ClNO3Si2. The lowest BCUT2D eigenvalue weighted by Crippen LogP contribution is -3.00. The molecule has 0 aliphatic rings. The number of halogens is 1. The number of quaternary nitrogens is 1. The van der Waals surface area contributed by atoms with Crippen LogP contribution in [0.15, 0.2) is 0 Å². The van der Waals surface area contributed by atoms with Gasteiger partial charge in [0.1, 0.15) is 0 Å². The lowest BCUT2D eigenvalue weighted by atomic mass is 10.0. The minimum Gasteiger partial charge on any atom is -1.00 e. The molecule has 0 aromatic carbocycles. The molecule has 0 saturated carbocycles. The Morgan fingerprint density at radius 1 is 0.515 bits per heavy atom. The Kier molecular flexibility index (Phi) is 29.6. The van der Waals surface area contributed by atoms with Gasteiger partial charge in [-0.1, -0.05) is 96.8 Å². The highest BCUT2D eigenvalue weighted by Gasteiger charge is 2.37. The van der Waals surface area contributed by atoms with Gasteiger partial charge in [0.2, 0.25) is 0 Å². The second-order valence-electron chi connectivity index (χ2n) is 10.1. The van der Waals surface area contributed by atoms with Crippen molar-refractivity contribution in [1.29, 1.82) is 0 Å². The topological polar surface area (TPSA) is 27.7 Å². The molecule has 0 aromatic rings. The van der Waals surface area contributed by atoms with Crippen molar-refractivity contribution in [2.75, 3.05) is 48.5 Å². The molecule has 7 heteroatoms. The predicted molar refractivity (Wildman–Crippen MR) is 143 cm³/mol. The van der Waals surface area contributed by atoms with Crippen LogP contribution in [0.2, 0.25) is 6.04 Å². The summed E-state index contributed by atoms with van der Waals surface area (Å²) in [5.74, 6) is 0. The van der Waals surface area contributed by atoms with Crippen molar-refractivity contribution >= 4 is 19.8 Å². The second kappa shape index (κ2) is 25.7. The summed E-state index contributed by atoms with van der Waals surface area (Å²) in [5.41, 5.74) is 0. The molecule has 0 aromatic heterocycles. The van der Waals surface area contributed by atoms with Crippen LogP contribution in [0.4, 0.5) is 0 Å². The van der Waals surface area contributed by atoms with Gasteiger partial charge in [-0.05, 0) is 12.8 Å². The molecule has 4 radical (unpaired) electrons. The minimum atomic E-state index is -2.40. The van der Waals surface area contributed by atoms with Crippen molar-refractivity contribution in [1.82, 2.24) is 0 Å². The third-order valence-electron chi connectivity index (χ3n) is 6.80. The van der Waals surface area contributed by atoms with Gasteiger partial charge in [0, 0.05) is 44.8 Å². The van der Waals surface area contributed by atoms with Crippen LogP contribution in [-0.2, 0) is 13.3 Å². The van der Waals surface area contributed by atoms with Gasteiger partial charge in [-0.3, -0.25) is 0 Å². The van der Waals surface area contributed by atoms with Crippen LogP contribution in [-0.4, -0.2) is 72.8 Å². The van der Waals surface area contributed by atoms with Crippen molar-refractivity contribution in [3.63, 3.8) is 0 Å². The Balaban J connectivity index is -0.00000450. The SMILES string of the molecule is CCCCCCCCCCCCCCCCCC[N+](C)(C)CCC[Si](OC)(OC)OC.[Cl-].[Si]. The maximum atomic E-state index is 5.53. The molecule has 0 rings (SSSR count). The molecule has 0 heterocycles. The van der Waals surface area contributed by atoms with E-state index in [2.05, 4.69) is 21.0 Å². The van der Waals surface area contributed by atoms with Gasteiger partial charge in [0.05, 0.1) is 27.2 Å². The Bertz CT molecular complexity index is 378. The highest BCUT2D eigenvalue weighted by atomic mass is 35.5. The summed E-state index contributed by atoms with van der Waals surface area (Å²) >= 11 is 0. The zero-order chi connectivity index (χ0) is 23.3. The van der Waals surface area contributed by atoms with E-state index in [-0.39, 0.29) is 23.4 Å². The Morgan fingerprint density at radius 3 is 1.15 bits per heavy atom. The van der Waals surface area contributed by atoms with E-state index in [1.165, 1.54) is 109 Å². The van der Waals surface area contributed by atoms with E-state index in [9.17, 15) is 0 Å². The molecule has 0 atom stereocenters. The van der Waals surface area contributed by atoms with Crippen molar-refractivity contribution in [2.45, 2.75) is 122 Å². The second-order valence-corrected chi connectivity index (χ2v) is 13.2. The largest absolute Gasteiger partial charge is 1.00 e. The summed E-state index contributed by atoms with van der Waals surface area (Å²) in [6.45, 7) is 4.72. The summed E-state index contributed by atoms with van der Waals surface area (Å²) in [5, 5.41) is 0. The van der Waals surface area contributed by atoms with Crippen LogP contribution in [0.1, 0.15) is 116 Å². The maximum Gasteiger partial charge on any atom is 0.500 e. The molecule has 33 heavy (non-hydrogen) atoms. The highest BCUT2D eigenvalue weighted by Crippen LogP contribution is 2.17. The van der Waals surface area contributed by atoms with E-state index in [1.54, 1.807) is 21.3 Å². The van der Waals surface area contributed by atoms with E-state index in [0.29, 0.717) is 0 Å². The molecule has 4 nitrogen and oxygen atoms in total.